The molecule has 2 aliphatic rings. The lowest BCUT2D eigenvalue weighted by molar-refractivity contribution is -0.137. The molecule has 8 nitrogen and oxygen atoms in total. The van der Waals surface area contributed by atoms with Crippen molar-refractivity contribution >= 4 is 29.6 Å². The maximum absolute atomic E-state index is 14.3. The van der Waals surface area contributed by atoms with E-state index in [9.17, 15) is 31.9 Å². The molecular formula is C33H27F4N5O3. The molecule has 3 aromatic carbocycles. The number of anilines is 1. The predicted octanol–water partition coefficient (Wildman–Crippen LogP) is 5.58. The lowest BCUT2D eigenvalue weighted by Gasteiger charge is -2.38. The highest BCUT2D eigenvalue weighted by Crippen LogP contribution is 2.44. The van der Waals surface area contributed by atoms with Gasteiger partial charge in [0, 0.05) is 35.7 Å². The third kappa shape index (κ3) is 5.70. The second-order valence-corrected chi connectivity index (χ2v) is 10.7. The number of nitrogens with zero attached hydrogens (tertiary/aromatic N) is 3. The van der Waals surface area contributed by atoms with Crippen LogP contribution in [0.1, 0.15) is 58.4 Å². The second kappa shape index (κ2) is 11.7. The van der Waals surface area contributed by atoms with Gasteiger partial charge in [-0.05, 0) is 67.4 Å². The number of hydrogen-bond donors (Lipinski definition) is 2. The van der Waals surface area contributed by atoms with E-state index < -0.39 is 41.3 Å². The first-order valence-electron chi connectivity index (χ1n) is 14.3. The van der Waals surface area contributed by atoms with Gasteiger partial charge in [0.25, 0.3) is 11.8 Å². The fraction of sp³-hybridized carbons (Fsp3) is 0.212. The number of rotatable bonds is 6. The Bertz CT molecular complexity index is 1820. The van der Waals surface area contributed by atoms with E-state index in [2.05, 4.69) is 10.6 Å². The summed E-state index contributed by atoms with van der Waals surface area (Å²) in [7, 11) is 0. The summed E-state index contributed by atoms with van der Waals surface area (Å²) in [6.07, 6.45) is -2.22. The molecule has 1 saturated heterocycles. The minimum Gasteiger partial charge on any atom is -0.339 e. The number of benzene rings is 3. The summed E-state index contributed by atoms with van der Waals surface area (Å²) in [5.74, 6) is -2.58. The Hall–Kier alpha value is -5.26. The number of amides is 3. The molecule has 0 bridgehead atoms. The average Bonchev–Trinajstić information content (AvgIpc) is 3.61. The Morgan fingerprint density at radius 3 is 2.40 bits per heavy atom. The van der Waals surface area contributed by atoms with Crippen LogP contribution in [0.4, 0.5) is 23.4 Å². The smallest absolute Gasteiger partial charge is 0.339 e. The molecule has 4 aromatic rings. The first-order chi connectivity index (χ1) is 21.5. The predicted molar refractivity (Wildman–Crippen MR) is 158 cm³/mol. The van der Waals surface area contributed by atoms with Crippen LogP contribution in [0.3, 0.4) is 0 Å². The Balaban J connectivity index is 1.55. The van der Waals surface area contributed by atoms with Crippen molar-refractivity contribution in [1.29, 1.82) is 0 Å². The van der Waals surface area contributed by atoms with E-state index in [1.165, 1.54) is 35.2 Å². The maximum atomic E-state index is 14.3. The van der Waals surface area contributed by atoms with E-state index >= 15 is 0 Å². The Morgan fingerprint density at radius 2 is 1.76 bits per heavy atom. The fourth-order valence-corrected chi connectivity index (χ4v) is 5.80. The van der Waals surface area contributed by atoms with Gasteiger partial charge in [-0.2, -0.15) is 18.3 Å². The first-order valence-corrected chi connectivity index (χ1v) is 14.3. The molecule has 2 aliphatic heterocycles. The zero-order valence-electron chi connectivity index (χ0n) is 23.9. The number of hydrogen-bond acceptors (Lipinski definition) is 4. The van der Waals surface area contributed by atoms with Crippen molar-refractivity contribution in [1.82, 2.24) is 20.4 Å². The number of allylic oxidation sites excluding steroid dienone is 1. The highest BCUT2D eigenvalue weighted by Gasteiger charge is 2.46. The van der Waals surface area contributed by atoms with Crippen LogP contribution in [0.5, 0.6) is 0 Å². The Labute approximate surface area is 255 Å². The van der Waals surface area contributed by atoms with Crippen LogP contribution in [0, 0.1) is 5.82 Å². The van der Waals surface area contributed by atoms with Crippen molar-refractivity contribution in [2.45, 2.75) is 37.9 Å². The van der Waals surface area contributed by atoms with Crippen molar-refractivity contribution in [3.8, 4) is 5.69 Å². The van der Waals surface area contributed by atoms with E-state index in [1.807, 2.05) is 30.3 Å². The molecule has 2 N–H and O–H groups in total. The molecule has 230 valence electrons. The number of nitrogens with one attached hydrogen (secondary N) is 2. The van der Waals surface area contributed by atoms with Crippen LogP contribution in [-0.2, 0) is 15.8 Å². The SMILES string of the molecule is CCN1C(=O)[C@H](NC(=O)c2cccc(C(F)(F)F)c2)[C@H](c2ccc(F)cc2)c2c(/C=C3/CCC(=O)N3)nn(-c3ccccc3)c21. The van der Waals surface area contributed by atoms with Crippen LogP contribution < -0.4 is 15.5 Å². The summed E-state index contributed by atoms with van der Waals surface area (Å²) in [6, 6.07) is 17.2. The minimum atomic E-state index is -4.68. The lowest BCUT2D eigenvalue weighted by atomic mass is 9.80. The van der Waals surface area contributed by atoms with Gasteiger partial charge in [-0.1, -0.05) is 36.4 Å². The molecular weight excluding hydrogens is 590 g/mol. The molecule has 45 heavy (non-hydrogen) atoms. The molecule has 2 atom stereocenters. The summed E-state index contributed by atoms with van der Waals surface area (Å²) in [4.78, 5) is 41.3. The third-order valence-corrected chi connectivity index (χ3v) is 7.87. The van der Waals surface area contributed by atoms with Gasteiger partial charge in [0.2, 0.25) is 5.91 Å². The van der Waals surface area contributed by atoms with Gasteiger partial charge in [-0.25, -0.2) is 9.07 Å². The van der Waals surface area contributed by atoms with Gasteiger partial charge < -0.3 is 10.6 Å². The summed E-state index contributed by atoms with van der Waals surface area (Å²) >= 11 is 0. The number of likely N-dealkylation sites (N-methyl/N-ethyl adjacent to an activating group) is 1. The van der Waals surface area contributed by atoms with Gasteiger partial charge in [0.05, 0.1) is 16.9 Å². The molecule has 6 rings (SSSR count). The Morgan fingerprint density at radius 1 is 1.02 bits per heavy atom. The van der Waals surface area contributed by atoms with E-state index in [4.69, 9.17) is 5.10 Å². The number of aromatic nitrogens is 2. The number of para-hydroxylation sites is 1. The molecule has 1 aromatic heterocycles. The number of halogens is 4. The average molecular weight is 618 g/mol. The Kier molecular flexibility index (Phi) is 7.73. The summed E-state index contributed by atoms with van der Waals surface area (Å²) in [5, 5.41) is 10.4. The van der Waals surface area contributed by atoms with Gasteiger partial charge in [0.1, 0.15) is 17.7 Å². The van der Waals surface area contributed by atoms with E-state index in [1.54, 1.807) is 17.7 Å². The quantitative estimate of drug-likeness (QED) is 0.276. The molecule has 12 heteroatoms. The minimum absolute atomic E-state index is 0.149. The largest absolute Gasteiger partial charge is 0.416 e. The zero-order valence-corrected chi connectivity index (χ0v) is 23.9. The van der Waals surface area contributed by atoms with Crippen molar-refractivity contribution in [2.75, 3.05) is 11.4 Å². The first kappa shape index (κ1) is 29.8. The number of alkyl halides is 3. The molecule has 3 amide bonds. The number of carbonyl (C=O) groups excluding carboxylic acids is 3. The van der Waals surface area contributed by atoms with Gasteiger partial charge >= 0.3 is 6.18 Å². The van der Waals surface area contributed by atoms with Crippen molar-refractivity contribution < 1.29 is 31.9 Å². The van der Waals surface area contributed by atoms with Crippen LogP contribution in [0.15, 0.2) is 84.6 Å². The third-order valence-electron chi connectivity index (χ3n) is 7.87. The van der Waals surface area contributed by atoms with Crippen molar-refractivity contribution in [2.24, 2.45) is 0 Å². The number of fused-ring (bicyclic) bond motifs is 1. The lowest BCUT2D eigenvalue weighted by Crippen LogP contribution is -2.55. The van der Waals surface area contributed by atoms with Gasteiger partial charge in [-0.15, -0.1) is 0 Å². The van der Waals surface area contributed by atoms with E-state index in [0.717, 1.165) is 18.2 Å². The normalized spacial score (nSPS) is 19.0. The van der Waals surface area contributed by atoms with E-state index in [0.29, 0.717) is 46.9 Å². The molecule has 0 spiro atoms. The van der Waals surface area contributed by atoms with Gasteiger partial charge in [0.15, 0.2) is 0 Å². The molecule has 0 saturated carbocycles. The van der Waals surface area contributed by atoms with Gasteiger partial charge in [-0.3, -0.25) is 19.3 Å². The standard InChI is InChI=1S/C33H27F4N5O3/c1-2-41-31-28(25(18-23-15-16-26(43)38-23)40-42(31)24-9-4-3-5-10-24)27(19-11-13-22(34)14-12-19)29(32(41)45)39-30(44)20-7-6-8-21(17-20)33(35,36)37/h3-14,17-18,27,29H,2,15-16H2,1H3,(H,38,43)(H,39,44)/b23-18-/t27-,29-/m1/s1. The molecule has 1 fully saturated rings. The second-order valence-electron chi connectivity index (χ2n) is 10.7. The summed E-state index contributed by atoms with van der Waals surface area (Å²) in [5.41, 5.74) is 1.38. The topological polar surface area (TPSA) is 96.3 Å². The summed E-state index contributed by atoms with van der Waals surface area (Å²) in [6.45, 7) is 1.92. The highest BCUT2D eigenvalue weighted by atomic mass is 19.4. The van der Waals surface area contributed by atoms with Crippen molar-refractivity contribution in [3.63, 3.8) is 0 Å². The van der Waals surface area contributed by atoms with Crippen LogP contribution >= 0.6 is 0 Å². The van der Waals surface area contributed by atoms with Crippen LogP contribution in [0.25, 0.3) is 11.8 Å². The number of carbonyl (C=O) groups is 3. The van der Waals surface area contributed by atoms with Crippen LogP contribution in [0.2, 0.25) is 0 Å². The monoisotopic (exact) mass is 617 g/mol. The molecule has 0 radical (unpaired) electrons. The molecule has 0 unspecified atom stereocenters. The summed E-state index contributed by atoms with van der Waals surface area (Å²) < 4.78 is 56.1. The molecule has 3 heterocycles. The highest BCUT2D eigenvalue weighted by molar-refractivity contribution is 6.06. The molecule has 0 aliphatic carbocycles. The fourth-order valence-electron chi connectivity index (χ4n) is 5.80. The van der Waals surface area contributed by atoms with Crippen LogP contribution in [-0.4, -0.2) is 40.1 Å². The maximum Gasteiger partial charge on any atom is 0.416 e. The zero-order chi connectivity index (χ0) is 31.9. The van der Waals surface area contributed by atoms with E-state index in [-0.39, 0.29) is 18.0 Å². The van der Waals surface area contributed by atoms with Crippen molar-refractivity contribution in [3.05, 3.63) is 118 Å².